The highest BCUT2D eigenvalue weighted by atomic mass is 127. The number of hydrogen-bond acceptors (Lipinski definition) is 3. The van der Waals surface area contributed by atoms with Crippen LogP contribution in [0, 0.1) is 3.57 Å². The minimum Gasteiger partial charge on any atom is -0.493 e. The van der Waals surface area contributed by atoms with Gasteiger partial charge >= 0.3 is 0 Å². The SMILES string of the molecule is NNC(=O)CCOc1cccc(I)c1. The van der Waals surface area contributed by atoms with Crippen molar-refractivity contribution in [3.05, 3.63) is 27.8 Å². The number of ether oxygens (including phenoxy) is 1. The lowest BCUT2D eigenvalue weighted by atomic mass is 10.3. The maximum Gasteiger partial charge on any atom is 0.237 e. The molecule has 5 heteroatoms. The van der Waals surface area contributed by atoms with E-state index < -0.39 is 0 Å². The lowest BCUT2D eigenvalue weighted by molar-refractivity contribution is -0.121. The molecule has 1 aromatic rings. The molecule has 0 saturated carbocycles. The zero-order valence-corrected chi connectivity index (χ0v) is 9.65. The molecule has 0 aliphatic heterocycles. The number of nitrogens with two attached hydrogens (primary N) is 1. The summed E-state index contributed by atoms with van der Waals surface area (Å²) in [4.78, 5) is 10.8. The highest BCUT2D eigenvalue weighted by Gasteiger charge is 1.99. The minimum atomic E-state index is -0.226. The lowest BCUT2D eigenvalue weighted by Crippen LogP contribution is -2.31. The predicted molar refractivity (Wildman–Crippen MR) is 61.6 cm³/mol. The second-order valence-electron chi connectivity index (χ2n) is 2.62. The maximum atomic E-state index is 10.8. The van der Waals surface area contributed by atoms with Crippen molar-refractivity contribution in [1.29, 1.82) is 0 Å². The van der Waals surface area contributed by atoms with E-state index in [0.717, 1.165) is 9.32 Å². The zero-order chi connectivity index (χ0) is 10.4. The van der Waals surface area contributed by atoms with E-state index in [2.05, 4.69) is 22.6 Å². The van der Waals surface area contributed by atoms with E-state index in [1.54, 1.807) is 0 Å². The molecule has 4 nitrogen and oxygen atoms in total. The molecule has 0 aliphatic carbocycles. The Kier molecular flexibility index (Phi) is 4.68. The second kappa shape index (κ2) is 5.82. The van der Waals surface area contributed by atoms with Gasteiger partial charge in [-0.25, -0.2) is 5.84 Å². The Balaban J connectivity index is 2.35. The van der Waals surface area contributed by atoms with E-state index in [1.807, 2.05) is 29.7 Å². The number of rotatable bonds is 4. The molecule has 0 aromatic heterocycles. The Labute approximate surface area is 95.9 Å². The van der Waals surface area contributed by atoms with Gasteiger partial charge in [-0.2, -0.15) is 0 Å². The van der Waals surface area contributed by atoms with Crippen LogP contribution < -0.4 is 16.0 Å². The van der Waals surface area contributed by atoms with Crippen molar-refractivity contribution in [2.24, 2.45) is 5.84 Å². The number of carbonyl (C=O) groups is 1. The summed E-state index contributed by atoms with van der Waals surface area (Å²) in [6, 6.07) is 7.63. The molecular formula is C9H11IN2O2. The van der Waals surface area contributed by atoms with Crippen LogP contribution in [0.3, 0.4) is 0 Å². The Hall–Kier alpha value is -0.820. The first kappa shape index (κ1) is 11.3. The molecule has 0 saturated heterocycles. The van der Waals surface area contributed by atoms with Crippen LogP contribution in [0.2, 0.25) is 0 Å². The van der Waals surface area contributed by atoms with Gasteiger partial charge in [0.15, 0.2) is 0 Å². The average Bonchev–Trinajstić information content (AvgIpc) is 2.17. The van der Waals surface area contributed by atoms with Crippen molar-refractivity contribution in [1.82, 2.24) is 5.43 Å². The van der Waals surface area contributed by atoms with Crippen molar-refractivity contribution in [3.8, 4) is 5.75 Å². The van der Waals surface area contributed by atoms with Gasteiger partial charge in [-0.05, 0) is 40.8 Å². The van der Waals surface area contributed by atoms with Gasteiger partial charge in [0.1, 0.15) is 5.75 Å². The molecule has 0 radical (unpaired) electrons. The smallest absolute Gasteiger partial charge is 0.237 e. The molecule has 14 heavy (non-hydrogen) atoms. The molecule has 1 aromatic carbocycles. The molecule has 1 amide bonds. The summed E-state index contributed by atoms with van der Waals surface area (Å²) in [5.41, 5.74) is 2.04. The third-order valence-electron chi connectivity index (χ3n) is 1.55. The molecule has 76 valence electrons. The first-order chi connectivity index (χ1) is 6.72. The van der Waals surface area contributed by atoms with Gasteiger partial charge in [-0.1, -0.05) is 6.07 Å². The lowest BCUT2D eigenvalue weighted by Gasteiger charge is -2.05. The Morgan fingerprint density at radius 3 is 3.00 bits per heavy atom. The summed E-state index contributed by atoms with van der Waals surface area (Å²) < 4.78 is 6.44. The van der Waals surface area contributed by atoms with E-state index in [-0.39, 0.29) is 12.3 Å². The summed E-state index contributed by atoms with van der Waals surface area (Å²) in [7, 11) is 0. The van der Waals surface area contributed by atoms with Crippen LogP contribution in [0.1, 0.15) is 6.42 Å². The molecule has 0 bridgehead atoms. The number of benzene rings is 1. The summed E-state index contributed by atoms with van der Waals surface area (Å²) in [5, 5.41) is 0. The maximum absolute atomic E-state index is 10.8. The van der Waals surface area contributed by atoms with Crippen molar-refractivity contribution < 1.29 is 9.53 Å². The van der Waals surface area contributed by atoms with Crippen LogP contribution in [0.25, 0.3) is 0 Å². The van der Waals surface area contributed by atoms with Crippen LogP contribution in [0.5, 0.6) is 5.75 Å². The van der Waals surface area contributed by atoms with Crippen LogP contribution >= 0.6 is 22.6 Å². The van der Waals surface area contributed by atoms with Crippen LogP contribution in [-0.4, -0.2) is 12.5 Å². The summed E-state index contributed by atoms with van der Waals surface area (Å²) in [6.07, 6.45) is 0.266. The van der Waals surface area contributed by atoms with Gasteiger partial charge in [-0.3, -0.25) is 10.2 Å². The number of amides is 1. The largest absolute Gasteiger partial charge is 0.493 e. The Morgan fingerprint density at radius 1 is 1.57 bits per heavy atom. The number of carbonyl (C=O) groups excluding carboxylic acids is 1. The van der Waals surface area contributed by atoms with E-state index in [4.69, 9.17) is 10.6 Å². The number of nitrogens with one attached hydrogen (secondary N) is 1. The van der Waals surface area contributed by atoms with Gasteiger partial charge < -0.3 is 4.74 Å². The topological polar surface area (TPSA) is 64.3 Å². The van der Waals surface area contributed by atoms with Gasteiger partial charge in [0, 0.05) is 3.57 Å². The molecule has 0 atom stereocenters. The fourth-order valence-electron chi connectivity index (χ4n) is 0.891. The number of halogens is 1. The summed E-state index contributed by atoms with van der Waals surface area (Å²) >= 11 is 2.20. The quantitative estimate of drug-likeness (QED) is 0.378. The van der Waals surface area contributed by atoms with E-state index in [9.17, 15) is 4.79 Å². The highest BCUT2D eigenvalue weighted by Crippen LogP contribution is 2.14. The fraction of sp³-hybridized carbons (Fsp3) is 0.222. The third kappa shape index (κ3) is 3.93. The van der Waals surface area contributed by atoms with Crippen molar-refractivity contribution >= 4 is 28.5 Å². The fourth-order valence-corrected chi connectivity index (χ4v) is 1.41. The predicted octanol–water partition coefficient (Wildman–Crippen LogP) is 1.05. The Bertz CT molecular complexity index is 317. The number of hydrazine groups is 1. The molecule has 0 aliphatic rings. The van der Waals surface area contributed by atoms with Crippen molar-refractivity contribution in [3.63, 3.8) is 0 Å². The van der Waals surface area contributed by atoms with E-state index in [0.29, 0.717) is 6.61 Å². The minimum absolute atomic E-state index is 0.226. The van der Waals surface area contributed by atoms with Gasteiger partial charge in [-0.15, -0.1) is 0 Å². The molecular weight excluding hydrogens is 295 g/mol. The molecule has 3 N–H and O–H groups in total. The first-order valence-corrected chi connectivity index (χ1v) is 5.18. The second-order valence-corrected chi connectivity index (χ2v) is 3.87. The summed E-state index contributed by atoms with van der Waals surface area (Å²) in [6.45, 7) is 0.336. The number of hydrogen-bond donors (Lipinski definition) is 2. The molecule has 0 fully saturated rings. The molecule has 0 spiro atoms. The Morgan fingerprint density at radius 2 is 2.36 bits per heavy atom. The van der Waals surface area contributed by atoms with Crippen LogP contribution in [-0.2, 0) is 4.79 Å². The van der Waals surface area contributed by atoms with Gasteiger partial charge in [0.05, 0.1) is 13.0 Å². The third-order valence-corrected chi connectivity index (χ3v) is 2.23. The highest BCUT2D eigenvalue weighted by molar-refractivity contribution is 14.1. The molecule has 0 unspecified atom stereocenters. The van der Waals surface area contributed by atoms with Crippen molar-refractivity contribution in [2.75, 3.05) is 6.61 Å². The first-order valence-electron chi connectivity index (χ1n) is 4.10. The van der Waals surface area contributed by atoms with E-state index >= 15 is 0 Å². The van der Waals surface area contributed by atoms with Crippen LogP contribution in [0.4, 0.5) is 0 Å². The van der Waals surface area contributed by atoms with Gasteiger partial charge in [0.2, 0.25) is 5.91 Å². The zero-order valence-electron chi connectivity index (χ0n) is 7.50. The van der Waals surface area contributed by atoms with E-state index in [1.165, 1.54) is 0 Å². The van der Waals surface area contributed by atoms with Gasteiger partial charge in [0.25, 0.3) is 0 Å². The monoisotopic (exact) mass is 306 g/mol. The normalized spacial score (nSPS) is 9.57. The van der Waals surface area contributed by atoms with Crippen molar-refractivity contribution in [2.45, 2.75) is 6.42 Å². The molecule has 1 rings (SSSR count). The van der Waals surface area contributed by atoms with Crippen LogP contribution in [0.15, 0.2) is 24.3 Å². The summed E-state index contributed by atoms with van der Waals surface area (Å²) in [5.74, 6) is 5.46. The standard InChI is InChI=1S/C9H11IN2O2/c10-7-2-1-3-8(6-7)14-5-4-9(13)12-11/h1-3,6H,4-5,11H2,(H,12,13). The average molecular weight is 306 g/mol. The molecule has 0 heterocycles.